The number of nitrogens with zero attached hydrogens (tertiary/aromatic N) is 1. The van der Waals surface area contributed by atoms with Gasteiger partial charge in [-0.25, -0.2) is 0 Å². The Morgan fingerprint density at radius 1 is 1.50 bits per heavy atom. The first kappa shape index (κ1) is 8.02. The Labute approximate surface area is 63.4 Å². The van der Waals surface area contributed by atoms with Crippen LogP contribution < -0.4 is 5.73 Å². The van der Waals surface area contributed by atoms with Gasteiger partial charge in [-0.2, -0.15) is 0 Å². The number of rotatable bonds is 2. The molecule has 1 aliphatic rings. The van der Waals surface area contributed by atoms with Crippen molar-refractivity contribution < 1.29 is 0 Å². The molecule has 60 valence electrons. The van der Waals surface area contributed by atoms with Crippen molar-refractivity contribution in [2.45, 2.75) is 32.2 Å². The minimum absolute atomic E-state index is 0.775. The van der Waals surface area contributed by atoms with Crippen LogP contribution in [0.5, 0.6) is 0 Å². The first-order valence-electron chi connectivity index (χ1n) is 4.28. The van der Waals surface area contributed by atoms with Crippen LogP contribution in [0, 0.1) is 0 Å². The molecular formula is C8H18N2. The van der Waals surface area contributed by atoms with E-state index in [2.05, 4.69) is 11.8 Å². The van der Waals surface area contributed by atoms with E-state index in [4.69, 9.17) is 5.73 Å². The van der Waals surface area contributed by atoms with Crippen LogP contribution in [0.15, 0.2) is 0 Å². The Balaban J connectivity index is 2.25. The number of hydrogen-bond donors (Lipinski definition) is 1. The Bertz CT molecular complexity index is 91.3. The number of nitrogens with two attached hydrogens (primary N) is 1. The molecule has 10 heavy (non-hydrogen) atoms. The molecule has 0 amide bonds. The molecule has 0 aromatic heterocycles. The molecule has 0 radical (unpaired) electrons. The van der Waals surface area contributed by atoms with E-state index in [-0.39, 0.29) is 0 Å². The van der Waals surface area contributed by atoms with E-state index in [1.165, 1.54) is 25.8 Å². The van der Waals surface area contributed by atoms with Gasteiger partial charge in [-0.3, -0.25) is 4.90 Å². The van der Waals surface area contributed by atoms with Crippen LogP contribution in [0.2, 0.25) is 0 Å². The topological polar surface area (TPSA) is 29.3 Å². The molecule has 2 nitrogen and oxygen atoms in total. The first-order chi connectivity index (χ1) is 4.84. The molecular weight excluding hydrogens is 124 g/mol. The van der Waals surface area contributed by atoms with Crippen molar-refractivity contribution in [2.75, 3.05) is 19.6 Å². The Morgan fingerprint density at radius 3 is 2.90 bits per heavy atom. The van der Waals surface area contributed by atoms with Crippen LogP contribution in [0.4, 0.5) is 0 Å². The van der Waals surface area contributed by atoms with Crippen molar-refractivity contribution in [3.05, 3.63) is 0 Å². The third-order valence-electron chi connectivity index (χ3n) is 2.36. The molecule has 1 saturated heterocycles. The van der Waals surface area contributed by atoms with Gasteiger partial charge < -0.3 is 5.73 Å². The van der Waals surface area contributed by atoms with Crippen molar-refractivity contribution in [2.24, 2.45) is 5.73 Å². The van der Waals surface area contributed by atoms with E-state index >= 15 is 0 Å². The highest BCUT2D eigenvalue weighted by molar-refractivity contribution is 4.72. The second-order valence-corrected chi connectivity index (χ2v) is 3.17. The number of likely N-dealkylation sites (tertiary alicyclic amines) is 1. The van der Waals surface area contributed by atoms with Gasteiger partial charge in [-0.15, -0.1) is 0 Å². The maximum atomic E-state index is 5.48. The second kappa shape index (κ2) is 3.94. The maximum absolute atomic E-state index is 5.48. The van der Waals surface area contributed by atoms with E-state index < -0.39 is 0 Å². The highest BCUT2D eigenvalue weighted by atomic mass is 15.2. The Hall–Kier alpha value is -0.0800. The number of piperidine rings is 1. The monoisotopic (exact) mass is 142 g/mol. The minimum atomic E-state index is 0.775. The van der Waals surface area contributed by atoms with Gasteiger partial charge in [0.1, 0.15) is 0 Å². The van der Waals surface area contributed by atoms with E-state index in [0.717, 1.165) is 19.1 Å². The summed E-state index contributed by atoms with van der Waals surface area (Å²) in [4.78, 5) is 2.49. The lowest BCUT2D eigenvalue weighted by atomic mass is 10.0. The van der Waals surface area contributed by atoms with Gasteiger partial charge in [0.05, 0.1) is 0 Å². The average molecular weight is 142 g/mol. The summed E-state index contributed by atoms with van der Waals surface area (Å²) >= 11 is 0. The fraction of sp³-hybridized carbons (Fsp3) is 1.00. The van der Waals surface area contributed by atoms with Gasteiger partial charge in [0, 0.05) is 19.1 Å². The van der Waals surface area contributed by atoms with Gasteiger partial charge in [-0.05, 0) is 26.3 Å². The largest absolute Gasteiger partial charge is 0.329 e. The van der Waals surface area contributed by atoms with Gasteiger partial charge >= 0.3 is 0 Å². The Morgan fingerprint density at radius 2 is 2.30 bits per heavy atom. The molecule has 2 N–H and O–H groups in total. The lowest BCUT2D eigenvalue weighted by molar-refractivity contribution is 0.165. The zero-order chi connectivity index (χ0) is 7.40. The fourth-order valence-corrected chi connectivity index (χ4v) is 1.66. The molecule has 0 unspecified atom stereocenters. The molecule has 0 aliphatic carbocycles. The summed E-state index contributed by atoms with van der Waals surface area (Å²) in [5.41, 5.74) is 5.48. The highest BCUT2D eigenvalue weighted by Crippen LogP contribution is 2.14. The zero-order valence-corrected chi connectivity index (χ0v) is 6.84. The van der Waals surface area contributed by atoms with E-state index in [0.29, 0.717) is 0 Å². The molecule has 0 saturated carbocycles. The summed E-state index contributed by atoms with van der Waals surface area (Å²) in [6, 6.07) is 0.775. The van der Waals surface area contributed by atoms with Crippen LogP contribution in [0.3, 0.4) is 0 Å². The third kappa shape index (κ3) is 1.96. The first-order valence-corrected chi connectivity index (χ1v) is 4.28. The van der Waals surface area contributed by atoms with Crippen molar-refractivity contribution in [1.82, 2.24) is 4.90 Å². The lowest BCUT2D eigenvalue weighted by Crippen LogP contribution is -2.40. The van der Waals surface area contributed by atoms with E-state index in [1.54, 1.807) is 0 Å². The molecule has 1 fully saturated rings. The highest BCUT2D eigenvalue weighted by Gasteiger charge is 2.16. The fourth-order valence-electron chi connectivity index (χ4n) is 1.66. The summed E-state index contributed by atoms with van der Waals surface area (Å²) in [5.74, 6) is 0. The van der Waals surface area contributed by atoms with Crippen LogP contribution in [-0.4, -0.2) is 30.6 Å². The normalized spacial score (nSPS) is 28.8. The predicted octanol–water partition coefficient (Wildman–Crippen LogP) is 0.820. The average Bonchev–Trinajstić information content (AvgIpc) is 1.94. The lowest BCUT2D eigenvalue weighted by Gasteiger charge is -2.32. The molecule has 0 aromatic rings. The smallest absolute Gasteiger partial charge is 0.0107 e. The quantitative estimate of drug-likeness (QED) is 0.618. The minimum Gasteiger partial charge on any atom is -0.329 e. The Kier molecular flexibility index (Phi) is 3.16. The predicted molar refractivity (Wildman–Crippen MR) is 43.9 cm³/mol. The van der Waals surface area contributed by atoms with E-state index in [1.807, 2.05) is 0 Å². The van der Waals surface area contributed by atoms with Gasteiger partial charge in [0.2, 0.25) is 0 Å². The van der Waals surface area contributed by atoms with Crippen molar-refractivity contribution in [3.63, 3.8) is 0 Å². The molecule has 1 heterocycles. The molecule has 2 heteroatoms. The molecule has 1 aliphatic heterocycles. The molecule has 0 aromatic carbocycles. The van der Waals surface area contributed by atoms with Gasteiger partial charge in [0.15, 0.2) is 0 Å². The van der Waals surface area contributed by atoms with Gasteiger partial charge in [-0.1, -0.05) is 6.42 Å². The SMILES string of the molecule is C[C@@H]1CCCCN1CCN. The van der Waals surface area contributed by atoms with Crippen molar-refractivity contribution in [1.29, 1.82) is 0 Å². The summed E-state index contributed by atoms with van der Waals surface area (Å²) in [5, 5.41) is 0. The van der Waals surface area contributed by atoms with E-state index in [9.17, 15) is 0 Å². The van der Waals surface area contributed by atoms with Crippen LogP contribution in [-0.2, 0) is 0 Å². The second-order valence-electron chi connectivity index (χ2n) is 3.17. The van der Waals surface area contributed by atoms with Crippen LogP contribution in [0.1, 0.15) is 26.2 Å². The molecule has 1 rings (SSSR count). The van der Waals surface area contributed by atoms with Crippen LogP contribution >= 0.6 is 0 Å². The summed E-state index contributed by atoms with van der Waals surface area (Å²) in [7, 11) is 0. The summed E-state index contributed by atoms with van der Waals surface area (Å²) < 4.78 is 0. The zero-order valence-electron chi connectivity index (χ0n) is 6.84. The van der Waals surface area contributed by atoms with Crippen molar-refractivity contribution >= 4 is 0 Å². The van der Waals surface area contributed by atoms with Gasteiger partial charge in [0.25, 0.3) is 0 Å². The standard InChI is InChI=1S/C8H18N2/c1-8-4-2-3-6-10(8)7-5-9/h8H,2-7,9H2,1H3/t8-/m1/s1. The summed E-state index contributed by atoms with van der Waals surface area (Å²) in [6.45, 7) is 5.46. The molecule has 0 bridgehead atoms. The molecule has 1 atom stereocenters. The third-order valence-corrected chi connectivity index (χ3v) is 2.36. The number of hydrogen-bond acceptors (Lipinski definition) is 2. The maximum Gasteiger partial charge on any atom is 0.0107 e. The molecule has 0 spiro atoms. The summed E-state index contributed by atoms with van der Waals surface area (Å²) in [6.07, 6.45) is 4.13. The van der Waals surface area contributed by atoms with Crippen molar-refractivity contribution in [3.8, 4) is 0 Å². The van der Waals surface area contributed by atoms with Crippen LogP contribution in [0.25, 0.3) is 0 Å².